The molecule has 31 heavy (non-hydrogen) atoms. The number of aromatic nitrogens is 1. The summed E-state index contributed by atoms with van der Waals surface area (Å²) in [6.07, 6.45) is 0. The van der Waals surface area contributed by atoms with Crippen LogP contribution >= 0.6 is 45.9 Å². The summed E-state index contributed by atoms with van der Waals surface area (Å²) in [5, 5.41) is 6.36. The van der Waals surface area contributed by atoms with Crippen LogP contribution in [0.15, 0.2) is 47.8 Å². The number of fused-ring (bicyclic) bond motifs is 1. The van der Waals surface area contributed by atoms with E-state index in [9.17, 15) is 9.59 Å². The Hall–Kier alpha value is -2.65. The summed E-state index contributed by atoms with van der Waals surface area (Å²) in [5.41, 5.74) is 1.42. The number of halogens is 2. The number of nitrogens with zero attached hydrogens (tertiary/aromatic N) is 1. The van der Waals surface area contributed by atoms with Crippen molar-refractivity contribution in [1.82, 2.24) is 4.98 Å². The van der Waals surface area contributed by atoms with Gasteiger partial charge in [0.15, 0.2) is 11.7 Å². The molecule has 10 heteroatoms. The maximum atomic E-state index is 12.4. The first kappa shape index (κ1) is 21.6. The first-order valence-corrected chi connectivity index (χ1v) is 11.3. The number of benzene rings is 2. The zero-order chi connectivity index (χ0) is 22.0. The molecule has 0 fully saturated rings. The van der Waals surface area contributed by atoms with Gasteiger partial charge < -0.3 is 9.47 Å². The third kappa shape index (κ3) is 4.67. The van der Waals surface area contributed by atoms with Gasteiger partial charge in [-0.3, -0.25) is 10.1 Å². The number of ether oxygens (including phenoxy) is 2. The lowest BCUT2D eigenvalue weighted by atomic mass is 10.2. The van der Waals surface area contributed by atoms with Crippen molar-refractivity contribution in [2.24, 2.45) is 0 Å². The fourth-order valence-corrected chi connectivity index (χ4v) is 5.17. The lowest BCUT2D eigenvalue weighted by Gasteiger charge is -2.04. The second-order valence-electron chi connectivity index (χ2n) is 6.25. The number of rotatable bonds is 6. The number of anilines is 1. The maximum absolute atomic E-state index is 12.4. The Morgan fingerprint density at radius 1 is 1.16 bits per heavy atom. The van der Waals surface area contributed by atoms with Crippen molar-refractivity contribution in [2.75, 3.05) is 19.0 Å². The van der Waals surface area contributed by atoms with Crippen molar-refractivity contribution in [3.8, 4) is 17.0 Å². The minimum Gasteiger partial charge on any atom is -0.497 e. The van der Waals surface area contributed by atoms with Gasteiger partial charge in [-0.05, 0) is 24.3 Å². The highest BCUT2D eigenvalue weighted by atomic mass is 35.5. The first-order chi connectivity index (χ1) is 15.0. The molecule has 6 nitrogen and oxygen atoms in total. The molecule has 0 atom stereocenters. The van der Waals surface area contributed by atoms with Crippen molar-refractivity contribution in [2.45, 2.75) is 0 Å². The van der Waals surface area contributed by atoms with Gasteiger partial charge in [0.2, 0.25) is 0 Å². The number of methoxy groups -OCH3 is 1. The average Bonchev–Trinajstić information content (AvgIpc) is 3.36. The molecule has 4 rings (SSSR count). The maximum Gasteiger partial charge on any atom is 0.350 e. The van der Waals surface area contributed by atoms with Crippen LogP contribution in [0.25, 0.3) is 21.3 Å². The standard InChI is InChI=1S/C21H14Cl2N2O4S2/c1-28-11-6-7-13-16(8-11)31-19(18(13)23)20(27)29-9-17(26)25-21-24-15(10-30-21)12-4-2-3-5-14(12)22/h2-8,10H,9H2,1H3,(H,24,25,26). The summed E-state index contributed by atoms with van der Waals surface area (Å²) in [4.78, 5) is 29.2. The summed E-state index contributed by atoms with van der Waals surface area (Å²) < 4.78 is 11.1. The van der Waals surface area contributed by atoms with Gasteiger partial charge in [-0.2, -0.15) is 0 Å². The molecule has 0 bridgehead atoms. The smallest absolute Gasteiger partial charge is 0.350 e. The molecule has 2 heterocycles. The molecule has 0 saturated carbocycles. The topological polar surface area (TPSA) is 77.5 Å². The number of thiophene rings is 1. The van der Waals surface area contributed by atoms with Gasteiger partial charge in [0.25, 0.3) is 5.91 Å². The summed E-state index contributed by atoms with van der Waals surface area (Å²) in [6, 6.07) is 12.6. The number of amides is 1. The van der Waals surface area contributed by atoms with Gasteiger partial charge in [0.1, 0.15) is 10.6 Å². The Labute approximate surface area is 195 Å². The van der Waals surface area contributed by atoms with E-state index in [0.717, 1.165) is 15.6 Å². The Kier molecular flexibility index (Phi) is 6.43. The van der Waals surface area contributed by atoms with Gasteiger partial charge in [0, 0.05) is 26.1 Å². The molecule has 4 aromatic rings. The minimum atomic E-state index is -0.670. The number of carbonyl (C=O) groups excluding carboxylic acids is 2. The minimum absolute atomic E-state index is 0.230. The summed E-state index contributed by atoms with van der Waals surface area (Å²) in [5.74, 6) is -0.521. The highest BCUT2D eigenvalue weighted by molar-refractivity contribution is 7.21. The molecule has 2 aromatic carbocycles. The summed E-state index contributed by atoms with van der Waals surface area (Å²) in [7, 11) is 1.56. The van der Waals surface area contributed by atoms with E-state index in [0.29, 0.717) is 21.6 Å². The highest BCUT2D eigenvalue weighted by Gasteiger charge is 2.20. The van der Waals surface area contributed by atoms with Gasteiger partial charge in [-0.15, -0.1) is 22.7 Å². The molecule has 1 N–H and O–H groups in total. The predicted molar refractivity (Wildman–Crippen MR) is 125 cm³/mol. The molecule has 2 aromatic heterocycles. The molecule has 0 aliphatic heterocycles. The van der Waals surface area contributed by atoms with E-state index in [2.05, 4.69) is 10.3 Å². The number of carbonyl (C=O) groups is 2. The van der Waals surface area contributed by atoms with E-state index in [-0.39, 0.29) is 9.90 Å². The van der Waals surface area contributed by atoms with Crippen LogP contribution in [0.2, 0.25) is 10.0 Å². The van der Waals surface area contributed by atoms with E-state index >= 15 is 0 Å². The largest absolute Gasteiger partial charge is 0.497 e. The fourth-order valence-electron chi connectivity index (χ4n) is 2.78. The van der Waals surface area contributed by atoms with E-state index in [1.54, 1.807) is 36.8 Å². The molecular formula is C21H14Cl2N2O4S2. The van der Waals surface area contributed by atoms with Crippen LogP contribution in [0.1, 0.15) is 9.67 Å². The van der Waals surface area contributed by atoms with Crippen molar-refractivity contribution in [3.05, 3.63) is 62.8 Å². The highest BCUT2D eigenvalue weighted by Crippen LogP contribution is 2.37. The van der Waals surface area contributed by atoms with Crippen LogP contribution in [0.5, 0.6) is 5.75 Å². The van der Waals surface area contributed by atoms with Gasteiger partial charge in [-0.25, -0.2) is 9.78 Å². The second-order valence-corrected chi connectivity index (χ2v) is 8.94. The number of thiazole rings is 1. The number of esters is 1. The van der Waals surface area contributed by atoms with Crippen LogP contribution in [-0.4, -0.2) is 30.6 Å². The van der Waals surface area contributed by atoms with E-state index < -0.39 is 18.5 Å². The number of nitrogens with one attached hydrogen (secondary N) is 1. The van der Waals surface area contributed by atoms with Crippen LogP contribution in [0.4, 0.5) is 5.13 Å². The zero-order valence-corrected chi connectivity index (χ0v) is 19.1. The lowest BCUT2D eigenvalue weighted by Crippen LogP contribution is -2.20. The van der Waals surface area contributed by atoms with Crippen LogP contribution < -0.4 is 10.1 Å². The van der Waals surface area contributed by atoms with Gasteiger partial charge in [-0.1, -0.05) is 41.4 Å². The van der Waals surface area contributed by atoms with Crippen LogP contribution in [0.3, 0.4) is 0 Å². The van der Waals surface area contributed by atoms with Crippen molar-refractivity contribution in [3.63, 3.8) is 0 Å². The monoisotopic (exact) mass is 492 g/mol. The van der Waals surface area contributed by atoms with Crippen LogP contribution in [-0.2, 0) is 9.53 Å². The molecule has 0 aliphatic carbocycles. The normalized spacial score (nSPS) is 10.8. The van der Waals surface area contributed by atoms with Crippen molar-refractivity contribution in [1.29, 1.82) is 0 Å². The second kappa shape index (κ2) is 9.23. The Bertz CT molecular complexity index is 1290. The lowest BCUT2D eigenvalue weighted by molar-refractivity contribution is -0.119. The molecule has 0 radical (unpaired) electrons. The Morgan fingerprint density at radius 3 is 2.74 bits per heavy atom. The molecule has 0 unspecified atom stereocenters. The number of hydrogen-bond acceptors (Lipinski definition) is 7. The van der Waals surface area contributed by atoms with Crippen molar-refractivity contribution < 1.29 is 19.1 Å². The molecule has 158 valence electrons. The van der Waals surface area contributed by atoms with E-state index in [4.69, 9.17) is 32.7 Å². The van der Waals surface area contributed by atoms with E-state index in [1.165, 1.54) is 22.7 Å². The first-order valence-electron chi connectivity index (χ1n) is 8.89. The van der Waals surface area contributed by atoms with Crippen molar-refractivity contribution >= 4 is 73.0 Å². The molecule has 0 aliphatic rings. The predicted octanol–water partition coefficient (Wildman–Crippen LogP) is 6.14. The molecule has 1 amide bonds. The zero-order valence-electron chi connectivity index (χ0n) is 16.0. The quantitative estimate of drug-likeness (QED) is 0.327. The Balaban J connectivity index is 1.39. The molecule has 0 spiro atoms. The number of hydrogen-bond donors (Lipinski definition) is 1. The van der Waals surface area contributed by atoms with Crippen LogP contribution in [0, 0.1) is 0 Å². The summed E-state index contributed by atoms with van der Waals surface area (Å²) in [6.45, 7) is -0.465. The Morgan fingerprint density at radius 2 is 1.97 bits per heavy atom. The SMILES string of the molecule is COc1ccc2c(Cl)c(C(=O)OCC(=O)Nc3nc(-c4ccccc4Cl)cs3)sc2c1. The fraction of sp³-hybridized carbons (Fsp3) is 0.0952. The third-order valence-corrected chi connectivity index (χ3v) is 6.98. The summed E-state index contributed by atoms with van der Waals surface area (Å²) >= 11 is 14.9. The van der Waals surface area contributed by atoms with Gasteiger partial charge >= 0.3 is 5.97 Å². The molecular weight excluding hydrogens is 479 g/mol. The molecule has 0 saturated heterocycles. The average molecular weight is 493 g/mol. The third-order valence-electron chi connectivity index (χ3n) is 4.26. The van der Waals surface area contributed by atoms with Gasteiger partial charge in [0.05, 0.1) is 17.8 Å². The van der Waals surface area contributed by atoms with E-state index in [1.807, 2.05) is 18.2 Å².